The lowest BCUT2D eigenvalue weighted by Crippen LogP contribution is -2.68. The number of carbonyl (C=O) groups excluding carboxylic acids is 3. The number of aliphatic hydroxyl groups is 1. The number of halogens is 2. The van der Waals surface area contributed by atoms with Crippen molar-refractivity contribution >= 4 is 34.9 Å². The van der Waals surface area contributed by atoms with Crippen LogP contribution in [0.15, 0.2) is 23.8 Å². The summed E-state index contributed by atoms with van der Waals surface area (Å²) < 4.78 is 16.8. The number of ketones is 3. The van der Waals surface area contributed by atoms with Gasteiger partial charge in [0.1, 0.15) is 5.60 Å². The van der Waals surface area contributed by atoms with Crippen LogP contribution in [0.25, 0.3) is 0 Å². The molecular weight excluding hydrogens is 451 g/mol. The van der Waals surface area contributed by atoms with E-state index in [4.69, 9.17) is 16.7 Å². The van der Waals surface area contributed by atoms with Gasteiger partial charge < -0.3 is 10.2 Å². The summed E-state index contributed by atoms with van der Waals surface area (Å²) in [4.78, 5) is 47.2. The first-order valence-electron chi connectivity index (χ1n) is 11.4. The summed E-state index contributed by atoms with van der Waals surface area (Å²) in [5.74, 6) is -3.67. The number of aliphatic carboxylic acids is 1. The van der Waals surface area contributed by atoms with Gasteiger partial charge in [0.05, 0.1) is 5.88 Å². The molecule has 0 unspecified atom stereocenters. The topological polar surface area (TPSA) is 109 Å². The summed E-state index contributed by atoms with van der Waals surface area (Å²) in [5.41, 5.74) is -5.42. The highest BCUT2D eigenvalue weighted by atomic mass is 35.5. The van der Waals surface area contributed by atoms with Gasteiger partial charge in [0, 0.05) is 29.6 Å². The number of carboxylic acids is 1. The molecule has 33 heavy (non-hydrogen) atoms. The molecule has 4 aliphatic carbocycles. The highest BCUT2D eigenvalue weighted by Gasteiger charge is 2.75. The maximum atomic E-state index is 16.8. The van der Waals surface area contributed by atoms with Crippen molar-refractivity contribution in [1.82, 2.24) is 0 Å². The summed E-state index contributed by atoms with van der Waals surface area (Å²) in [5, 5.41) is 19.1. The minimum atomic E-state index is -2.15. The van der Waals surface area contributed by atoms with Crippen LogP contribution in [0.1, 0.15) is 59.8 Å². The van der Waals surface area contributed by atoms with E-state index >= 15 is 4.39 Å². The fourth-order valence-corrected chi connectivity index (χ4v) is 7.17. The third-order valence-electron chi connectivity index (χ3n) is 8.83. The standard InChI is InChI=1S/C22H26ClFO4.C3H6O2/c1-12-8-16-15-5-4-13-9-14(25)6-7-19(13,2)21(15,24)17(26)10-20(16,3)22(12,28)18(27)11-23;1-2-3(4)5/h6-7,9,12,15-16,28H,4-5,8,10-11H2,1-3H3;2H2,1H3,(H,4,5)/t12-,15-,16-,19-,20-,21-,22-;/m0./s1. The molecule has 4 rings (SSSR count). The number of Topliss-reactive ketones (excluding diaryl/α,β-unsaturated/α-hetero) is 2. The monoisotopic (exact) mass is 482 g/mol. The van der Waals surface area contributed by atoms with Gasteiger partial charge in [-0.1, -0.05) is 32.4 Å². The summed E-state index contributed by atoms with van der Waals surface area (Å²) in [6.45, 7) is 6.83. The van der Waals surface area contributed by atoms with Gasteiger partial charge in [-0.3, -0.25) is 19.2 Å². The average molecular weight is 483 g/mol. The number of carboxylic acid groups (broad SMARTS) is 1. The molecule has 8 heteroatoms. The smallest absolute Gasteiger partial charge is 0.303 e. The van der Waals surface area contributed by atoms with Crippen LogP contribution in [0.5, 0.6) is 0 Å². The fourth-order valence-electron chi connectivity index (χ4n) is 6.97. The van der Waals surface area contributed by atoms with Crippen LogP contribution >= 0.6 is 11.6 Å². The number of fused-ring (bicyclic) bond motifs is 5. The van der Waals surface area contributed by atoms with E-state index in [9.17, 15) is 24.3 Å². The minimum Gasteiger partial charge on any atom is -0.481 e. The number of rotatable bonds is 3. The lowest BCUT2D eigenvalue weighted by atomic mass is 9.45. The van der Waals surface area contributed by atoms with Crippen LogP contribution in [-0.4, -0.2) is 50.7 Å². The third-order valence-corrected chi connectivity index (χ3v) is 9.08. The van der Waals surface area contributed by atoms with Gasteiger partial charge in [0.15, 0.2) is 23.0 Å². The molecule has 0 aromatic heterocycles. The molecule has 7 atom stereocenters. The molecule has 0 radical (unpaired) electrons. The summed E-state index contributed by atoms with van der Waals surface area (Å²) in [6.07, 6.45) is 5.78. The van der Waals surface area contributed by atoms with Crippen molar-refractivity contribution < 1.29 is 33.8 Å². The molecule has 0 amide bonds. The molecular formula is C25H32ClFO6. The predicted molar refractivity (Wildman–Crippen MR) is 121 cm³/mol. The highest BCUT2D eigenvalue weighted by Crippen LogP contribution is 2.69. The molecule has 2 N–H and O–H groups in total. The zero-order valence-electron chi connectivity index (χ0n) is 19.5. The Labute approximate surface area is 198 Å². The molecule has 0 heterocycles. The van der Waals surface area contributed by atoms with E-state index in [1.54, 1.807) is 33.8 Å². The van der Waals surface area contributed by atoms with E-state index in [2.05, 4.69) is 0 Å². The second kappa shape index (κ2) is 8.42. The van der Waals surface area contributed by atoms with Crippen molar-refractivity contribution in [3.63, 3.8) is 0 Å². The van der Waals surface area contributed by atoms with Crippen molar-refractivity contribution in [2.45, 2.75) is 71.1 Å². The van der Waals surface area contributed by atoms with Gasteiger partial charge >= 0.3 is 5.97 Å². The maximum Gasteiger partial charge on any atom is 0.303 e. The van der Waals surface area contributed by atoms with Gasteiger partial charge in [-0.2, -0.15) is 0 Å². The molecule has 0 saturated heterocycles. The summed E-state index contributed by atoms with van der Waals surface area (Å²) >= 11 is 5.79. The Morgan fingerprint density at radius 2 is 1.85 bits per heavy atom. The largest absolute Gasteiger partial charge is 0.481 e. The van der Waals surface area contributed by atoms with Crippen molar-refractivity contribution in [2.75, 3.05) is 5.88 Å². The Hall–Kier alpha value is -1.86. The molecule has 3 saturated carbocycles. The second-order valence-electron chi connectivity index (χ2n) is 10.3. The number of alkyl halides is 2. The maximum absolute atomic E-state index is 16.8. The Kier molecular flexibility index (Phi) is 6.57. The van der Waals surface area contributed by atoms with E-state index in [-0.39, 0.29) is 30.4 Å². The summed E-state index contributed by atoms with van der Waals surface area (Å²) in [7, 11) is 0. The van der Waals surface area contributed by atoms with Gasteiger partial charge in [0.2, 0.25) is 0 Å². The zero-order chi connectivity index (χ0) is 25.0. The average Bonchev–Trinajstić information content (AvgIpc) is 2.96. The number of carbonyl (C=O) groups is 4. The highest BCUT2D eigenvalue weighted by molar-refractivity contribution is 6.29. The van der Waals surface area contributed by atoms with Crippen LogP contribution in [-0.2, 0) is 19.2 Å². The van der Waals surface area contributed by atoms with E-state index in [1.807, 2.05) is 0 Å². The third kappa shape index (κ3) is 3.37. The van der Waals surface area contributed by atoms with Gasteiger partial charge in [0.25, 0.3) is 0 Å². The van der Waals surface area contributed by atoms with Crippen LogP contribution in [0.2, 0.25) is 0 Å². The van der Waals surface area contributed by atoms with Gasteiger partial charge in [-0.25, -0.2) is 4.39 Å². The SMILES string of the molecule is CCC(=O)O.C[C@H]1C[C@H]2[C@@H]3CCC4=CC(=O)C=C[C@]4(C)[C@@]3(F)C(=O)C[C@]2(C)[C@@]1(O)C(=O)CCl. The summed E-state index contributed by atoms with van der Waals surface area (Å²) in [6, 6.07) is 0. The van der Waals surface area contributed by atoms with Crippen LogP contribution in [0.4, 0.5) is 4.39 Å². The number of allylic oxidation sites excluding steroid dienone is 4. The molecule has 3 fully saturated rings. The van der Waals surface area contributed by atoms with E-state index in [0.29, 0.717) is 24.8 Å². The normalized spacial score (nSPS) is 43.5. The van der Waals surface area contributed by atoms with Crippen LogP contribution in [0, 0.1) is 28.6 Å². The first kappa shape index (κ1) is 25.8. The van der Waals surface area contributed by atoms with Crippen molar-refractivity contribution in [1.29, 1.82) is 0 Å². The Bertz CT molecular complexity index is 959. The molecule has 0 aromatic carbocycles. The molecule has 0 aliphatic heterocycles. The number of hydrogen-bond acceptors (Lipinski definition) is 5. The Morgan fingerprint density at radius 1 is 1.24 bits per heavy atom. The lowest BCUT2D eigenvalue weighted by molar-refractivity contribution is -0.185. The van der Waals surface area contributed by atoms with E-state index in [0.717, 1.165) is 0 Å². The van der Waals surface area contributed by atoms with Crippen molar-refractivity contribution in [3.05, 3.63) is 23.8 Å². The van der Waals surface area contributed by atoms with Gasteiger partial charge in [-0.05, 0) is 50.2 Å². The van der Waals surface area contributed by atoms with E-state index < -0.39 is 51.5 Å². The first-order valence-corrected chi connectivity index (χ1v) is 12.0. The quantitative estimate of drug-likeness (QED) is 0.592. The zero-order valence-corrected chi connectivity index (χ0v) is 20.2. The van der Waals surface area contributed by atoms with Crippen LogP contribution < -0.4 is 0 Å². The fraction of sp³-hybridized carbons (Fsp3) is 0.680. The van der Waals surface area contributed by atoms with E-state index in [1.165, 1.54) is 12.2 Å². The molecule has 0 aromatic rings. The molecule has 6 nitrogen and oxygen atoms in total. The molecule has 0 bridgehead atoms. The Balaban J connectivity index is 0.000000555. The van der Waals surface area contributed by atoms with Gasteiger partial charge in [-0.15, -0.1) is 11.6 Å². The molecule has 0 spiro atoms. The molecule has 4 aliphatic rings. The minimum absolute atomic E-state index is 0.181. The predicted octanol–water partition coefficient (Wildman–Crippen LogP) is 3.83. The van der Waals surface area contributed by atoms with Crippen molar-refractivity contribution in [2.24, 2.45) is 28.6 Å². The number of hydrogen-bond donors (Lipinski definition) is 2. The van der Waals surface area contributed by atoms with Crippen molar-refractivity contribution in [3.8, 4) is 0 Å². The van der Waals surface area contributed by atoms with Crippen LogP contribution in [0.3, 0.4) is 0 Å². The first-order chi connectivity index (χ1) is 15.2. The lowest BCUT2D eigenvalue weighted by Gasteiger charge is -2.59. The Morgan fingerprint density at radius 3 is 2.39 bits per heavy atom. The molecule has 182 valence electrons. The second-order valence-corrected chi connectivity index (χ2v) is 10.6.